The number of aromatic amines is 1. The van der Waals surface area contributed by atoms with E-state index in [9.17, 15) is 4.79 Å². The summed E-state index contributed by atoms with van der Waals surface area (Å²) in [5, 5.41) is 7.20. The van der Waals surface area contributed by atoms with Crippen LogP contribution in [0.3, 0.4) is 0 Å². The number of hydrogen-bond acceptors (Lipinski definition) is 6. The van der Waals surface area contributed by atoms with Gasteiger partial charge < -0.3 is 20.1 Å². The van der Waals surface area contributed by atoms with E-state index in [1.54, 1.807) is 11.0 Å². The van der Waals surface area contributed by atoms with Crippen molar-refractivity contribution < 1.29 is 14.3 Å². The quantitative estimate of drug-likeness (QED) is 0.733. The van der Waals surface area contributed by atoms with Gasteiger partial charge in [0, 0.05) is 12.6 Å². The molecule has 11 heteroatoms. The molecule has 144 valence electrons. The van der Waals surface area contributed by atoms with Gasteiger partial charge in [0.05, 0.1) is 36.5 Å². The number of amides is 1. The number of anilines is 1. The fourth-order valence-electron chi connectivity index (χ4n) is 2.57. The molecule has 8 nitrogen and oxygen atoms in total. The number of aryl methyl sites for hydroxylation is 1. The zero-order valence-electron chi connectivity index (χ0n) is 14.2. The third kappa shape index (κ3) is 4.50. The van der Waals surface area contributed by atoms with Crippen LogP contribution in [0.1, 0.15) is 28.1 Å². The van der Waals surface area contributed by atoms with Crippen molar-refractivity contribution in [1.29, 1.82) is 0 Å². The van der Waals surface area contributed by atoms with E-state index < -0.39 is 0 Å². The van der Waals surface area contributed by atoms with Gasteiger partial charge in [0.1, 0.15) is 17.7 Å². The number of H-pyrrole nitrogens is 1. The fraction of sp³-hybridized carbons (Fsp3) is 0.400. The van der Waals surface area contributed by atoms with Crippen molar-refractivity contribution in [2.24, 2.45) is 0 Å². The van der Waals surface area contributed by atoms with E-state index in [1.165, 1.54) is 13.2 Å². The number of nitrogen functional groups attached to an aromatic ring is 1. The van der Waals surface area contributed by atoms with E-state index in [4.69, 9.17) is 26.8 Å². The maximum absolute atomic E-state index is 12.9. The molecule has 1 fully saturated rings. The lowest BCUT2D eigenvalue weighted by atomic mass is 10.1. The van der Waals surface area contributed by atoms with Crippen LogP contribution in [0.15, 0.2) is 12.1 Å². The molecule has 3 rings (SSSR count). The molecule has 1 saturated heterocycles. The predicted molar refractivity (Wildman–Crippen MR) is 103 cm³/mol. The van der Waals surface area contributed by atoms with Crippen LogP contribution in [0.2, 0.25) is 5.02 Å². The summed E-state index contributed by atoms with van der Waals surface area (Å²) in [7, 11) is 1.48. The van der Waals surface area contributed by atoms with Gasteiger partial charge >= 0.3 is 0 Å². The number of hydrogen-bond donors (Lipinski definition) is 2. The molecule has 26 heavy (non-hydrogen) atoms. The van der Waals surface area contributed by atoms with E-state index in [0.29, 0.717) is 53.4 Å². The van der Waals surface area contributed by atoms with Crippen molar-refractivity contribution in [3.63, 3.8) is 0 Å². The monoisotopic (exact) mass is 423 g/mol. The third-order valence-electron chi connectivity index (χ3n) is 3.81. The molecule has 2 heterocycles. The molecular formula is C15H20Cl3N5O3. The Hall–Kier alpha value is -1.74. The molecule has 0 bridgehead atoms. The first-order chi connectivity index (χ1) is 11.5. The SMILES string of the molecule is COc1cc(N)c(Cl)cc1C(=O)N1CCOC(c2n[nH]c(C)n2)C1.Cl.Cl. The van der Waals surface area contributed by atoms with Gasteiger partial charge in [0.25, 0.3) is 5.91 Å². The smallest absolute Gasteiger partial charge is 0.257 e. The topological polar surface area (TPSA) is 106 Å². The number of nitrogens with two attached hydrogens (primary N) is 1. The first kappa shape index (κ1) is 22.3. The summed E-state index contributed by atoms with van der Waals surface area (Å²) in [6, 6.07) is 3.07. The first-order valence-corrected chi connectivity index (χ1v) is 7.80. The summed E-state index contributed by atoms with van der Waals surface area (Å²) < 4.78 is 10.9. The van der Waals surface area contributed by atoms with Crippen LogP contribution in [0.5, 0.6) is 5.75 Å². The number of morpholine rings is 1. The highest BCUT2D eigenvalue weighted by Crippen LogP contribution is 2.31. The molecule has 1 atom stereocenters. The van der Waals surface area contributed by atoms with Crippen LogP contribution in [0.25, 0.3) is 0 Å². The summed E-state index contributed by atoms with van der Waals surface area (Å²) in [4.78, 5) is 18.8. The fourth-order valence-corrected chi connectivity index (χ4v) is 2.73. The number of rotatable bonds is 3. The van der Waals surface area contributed by atoms with Crippen LogP contribution in [0.4, 0.5) is 5.69 Å². The third-order valence-corrected chi connectivity index (χ3v) is 4.13. The summed E-state index contributed by atoms with van der Waals surface area (Å²) in [6.07, 6.45) is -0.372. The van der Waals surface area contributed by atoms with E-state index in [0.717, 1.165) is 0 Å². The van der Waals surface area contributed by atoms with Crippen LogP contribution >= 0.6 is 36.4 Å². The number of halogens is 3. The van der Waals surface area contributed by atoms with Crippen molar-refractivity contribution >= 4 is 48.0 Å². The number of carbonyl (C=O) groups excluding carboxylic acids is 1. The Morgan fingerprint density at radius 3 is 2.81 bits per heavy atom. The second-order valence-electron chi connectivity index (χ2n) is 5.46. The van der Waals surface area contributed by atoms with Crippen LogP contribution in [0, 0.1) is 6.92 Å². The standard InChI is InChI=1S/C15H18ClN5O3.2ClH/c1-8-18-14(20-19-8)13-7-21(3-4-24-13)15(22)9-5-10(16)11(17)6-12(9)23-2;;/h5-6,13H,3-4,7,17H2,1-2H3,(H,18,19,20);2*1H. The lowest BCUT2D eigenvalue weighted by molar-refractivity contribution is -0.0267. The predicted octanol–water partition coefficient (Wildman–Crippen LogP) is 2.41. The molecule has 0 aliphatic carbocycles. The second kappa shape index (κ2) is 9.27. The summed E-state index contributed by atoms with van der Waals surface area (Å²) in [5.74, 6) is 1.42. The molecule has 0 spiro atoms. The maximum Gasteiger partial charge on any atom is 0.257 e. The van der Waals surface area contributed by atoms with E-state index in [2.05, 4.69) is 15.2 Å². The van der Waals surface area contributed by atoms with Gasteiger partial charge in [-0.15, -0.1) is 24.8 Å². The molecule has 3 N–H and O–H groups in total. The van der Waals surface area contributed by atoms with Crippen molar-refractivity contribution in [2.45, 2.75) is 13.0 Å². The molecule has 1 unspecified atom stereocenters. The zero-order valence-corrected chi connectivity index (χ0v) is 16.6. The molecule has 1 aliphatic heterocycles. The Labute approximate surface area is 168 Å². The Balaban J connectivity index is 0.00000169. The first-order valence-electron chi connectivity index (χ1n) is 7.42. The molecule has 0 saturated carbocycles. The number of ether oxygens (including phenoxy) is 2. The largest absolute Gasteiger partial charge is 0.496 e. The zero-order chi connectivity index (χ0) is 17.3. The Morgan fingerprint density at radius 2 is 2.19 bits per heavy atom. The normalized spacial score (nSPS) is 16.4. The average molecular weight is 425 g/mol. The van der Waals surface area contributed by atoms with Gasteiger partial charge in [-0.3, -0.25) is 9.89 Å². The van der Waals surface area contributed by atoms with Crippen LogP contribution in [-0.4, -0.2) is 52.8 Å². The van der Waals surface area contributed by atoms with E-state index in [1.807, 2.05) is 6.92 Å². The Bertz CT molecular complexity index is 771. The van der Waals surface area contributed by atoms with Gasteiger partial charge in [-0.25, -0.2) is 4.98 Å². The van der Waals surface area contributed by atoms with Crippen LogP contribution < -0.4 is 10.5 Å². The number of methoxy groups -OCH3 is 1. The molecular weight excluding hydrogens is 405 g/mol. The summed E-state index contributed by atoms with van der Waals surface area (Å²) in [5.41, 5.74) is 6.49. The van der Waals surface area contributed by atoms with Gasteiger partial charge in [0.15, 0.2) is 5.82 Å². The Morgan fingerprint density at radius 1 is 1.46 bits per heavy atom. The number of nitrogens with zero attached hydrogens (tertiary/aromatic N) is 3. The highest BCUT2D eigenvalue weighted by atomic mass is 35.5. The van der Waals surface area contributed by atoms with Crippen molar-refractivity contribution in [2.75, 3.05) is 32.5 Å². The van der Waals surface area contributed by atoms with E-state index >= 15 is 0 Å². The number of aromatic nitrogens is 3. The minimum Gasteiger partial charge on any atom is -0.496 e. The van der Waals surface area contributed by atoms with Crippen LogP contribution in [-0.2, 0) is 4.74 Å². The van der Waals surface area contributed by atoms with Crippen molar-refractivity contribution in [1.82, 2.24) is 20.1 Å². The molecule has 0 radical (unpaired) electrons. The molecule has 1 amide bonds. The molecule has 1 aromatic carbocycles. The number of nitrogens with one attached hydrogen (secondary N) is 1. The number of carbonyl (C=O) groups is 1. The lowest BCUT2D eigenvalue weighted by Gasteiger charge is -2.32. The highest BCUT2D eigenvalue weighted by Gasteiger charge is 2.30. The molecule has 2 aromatic rings. The average Bonchev–Trinajstić information content (AvgIpc) is 3.03. The molecule has 1 aliphatic rings. The Kier molecular flexibility index (Phi) is 7.95. The number of benzene rings is 1. The maximum atomic E-state index is 12.9. The molecule has 1 aromatic heterocycles. The van der Waals surface area contributed by atoms with Crippen molar-refractivity contribution in [3.05, 3.63) is 34.4 Å². The van der Waals surface area contributed by atoms with Gasteiger partial charge in [-0.2, -0.15) is 5.10 Å². The van der Waals surface area contributed by atoms with Gasteiger partial charge in [0.2, 0.25) is 0 Å². The lowest BCUT2D eigenvalue weighted by Crippen LogP contribution is -2.42. The van der Waals surface area contributed by atoms with E-state index in [-0.39, 0.29) is 36.8 Å². The van der Waals surface area contributed by atoms with Crippen molar-refractivity contribution in [3.8, 4) is 5.75 Å². The minimum atomic E-state index is -0.372. The van der Waals surface area contributed by atoms with Gasteiger partial charge in [-0.05, 0) is 13.0 Å². The van der Waals surface area contributed by atoms with Gasteiger partial charge in [-0.1, -0.05) is 11.6 Å². The summed E-state index contributed by atoms with van der Waals surface area (Å²) in [6.45, 7) is 3.02. The second-order valence-corrected chi connectivity index (χ2v) is 5.87. The summed E-state index contributed by atoms with van der Waals surface area (Å²) >= 11 is 6.05. The highest BCUT2D eigenvalue weighted by molar-refractivity contribution is 6.33. The minimum absolute atomic E-state index is 0.